The maximum absolute atomic E-state index is 14.1. The highest BCUT2D eigenvalue weighted by Gasteiger charge is 2.37. The van der Waals surface area contributed by atoms with Crippen LogP contribution in [0.5, 0.6) is 0 Å². The molecule has 272 valence electrons. The molecule has 50 heavy (non-hydrogen) atoms. The topological polar surface area (TPSA) is 149 Å². The minimum atomic E-state index is -3.20. The van der Waals surface area contributed by atoms with Gasteiger partial charge in [0, 0.05) is 88.8 Å². The van der Waals surface area contributed by atoms with Crippen LogP contribution in [0.2, 0.25) is 0 Å². The zero-order chi connectivity index (χ0) is 35.6. The molecule has 4 aliphatic heterocycles. The fourth-order valence-corrected chi connectivity index (χ4v) is 8.75. The highest BCUT2D eigenvalue weighted by atomic mass is 32.2. The van der Waals surface area contributed by atoms with Crippen LogP contribution < -0.4 is 11.1 Å². The van der Waals surface area contributed by atoms with E-state index in [1.807, 2.05) is 55.1 Å². The van der Waals surface area contributed by atoms with Gasteiger partial charge in [0.15, 0.2) is 6.10 Å². The molecule has 3 fully saturated rings. The SMILES string of the molecule is Cc1cc(CC(OC(=O)N2CCC(N3CCc4ccccc4NC3=O)CC2)C(=O)N2CCC(N3CCN(S(C)(=O)=O)CC3)CC2)cc(C)c1N. The van der Waals surface area contributed by atoms with Gasteiger partial charge in [-0.3, -0.25) is 9.69 Å². The number of piperazine rings is 1. The smallest absolute Gasteiger partial charge is 0.410 e. The highest BCUT2D eigenvalue weighted by Crippen LogP contribution is 2.27. The van der Waals surface area contributed by atoms with Crippen molar-refractivity contribution < 1.29 is 27.5 Å². The number of rotatable bonds is 7. The van der Waals surface area contributed by atoms with E-state index in [2.05, 4.69) is 10.2 Å². The van der Waals surface area contributed by atoms with E-state index in [1.165, 1.54) is 10.6 Å². The Morgan fingerprint density at radius 3 is 2.12 bits per heavy atom. The zero-order valence-electron chi connectivity index (χ0n) is 29.5. The summed E-state index contributed by atoms with van der Waals surface area (Å²) in [6.45, 7) is 8.73. The second-order valence-electron chi connectivity index (χ2n) is 14.2. The quantitative estimate of drug-likeness (QED) is 0.417. The molecule has 3 N–H and O–H groups in total. The maximum Gasteiger partial charge on any atom is 0.410 e. The van der Waals surface area contributed by atoms with Crippen molar-refractivity contribution in [3.63, 3.8) is 0 Å². The van der Waals surface area contributed by atoms with Gasteiger partial charge in [-0.05, 0) is 74.3 Å². The standard InChI is InChI=1S/C36H51N7O6S/c1-25-22-27(23-26(2)33(25)37)24-32(34(44)40-13-9-29(10-14-40)39-18-20-42(21-19-39)50(3,47)48)49-36(46)41-15-11-30(12-16-41)43-17-8-28-6-4-5-7-31(28)38-35(43)45/h4-7,22-23,29-30,32H,8-21,24,37H2,1-3H3,(H,38,45). The number of hydrogen-bond acceptors (Lipinski definition) is 8. The summed E-state index contributed by atoms with van der Waals surface area (Å²) in [6, 6.07) is 11.9. The molecule has 0 bridgehead atoms. The molecule has 0 radical (unpaired) electrons. The third-order valence-electron chi connectivity index (χ3n) is 10.9. The van der Waals surface area contributed by atoms with Gasteiger partial charge in [-0.25, -0.2) is 18.0 Å². The van der Waals surface area contributed by atoms with Gasteiger partial charge in [-0.2, -0.15) is 4.31 Å². The first-order chi connectivity index (χ1) is 23.9. The molecule has 3 saturated heterocycles. The van der Waals surface area contributed by atoms with Crippen LogP contribution in [0, 0.1) is 13.8 Å². The van der Waals surface area contributed by atoms with E-state index in [9.17, 15) is 22.8 Å². The predicted molar refractivity (Wildman–Crippen MR) is 192 cm³/mol. The number of urea groups is 1. The van der Waals surface area contributed by atoms with Gasteiger partial charge >= 0.3 is 12.1 Å². The summed E-state index contributed by atoms with van der Waals surface area (Å²) in [4.78, 5) is 48.5. The molecule has 13 nitrogen and oxygen atoms in total. The van der Waals surface area contributed by atoms with Crippen LogP contribution in [0.25, 0.3) is 0 Å². The van der Waals surface area contributed by atoms with Crippen molar-refractivity contribution in [3.8, 4) is 0 Å². The zero-order valence-corrected chi connectivity index (χ0v) is 30.3. The molecule has 6 rings (SSSR count). The number of anilines is 2. The van der Waals surface area contributed by atoms with Crippen molar-refractivity contribution >= 4 is 39.4 Å². The van der Waals surface area contributed by atoms with Crippen LogP contribution in [0.4, 0.5) is 21.0 Å². The molecule has 1 unspecified atom stereocenters. The van der Waals surface area contributed by atoms with Crippen molar-refractivity contribution in [1.82, 2.24) is 23.9 Å². The summed E-state index contributed by atoms with van der Waals surface area (Å²) in [5.41, 5.74) is 11.6. The van der Waals surface area contributed by atoms with E-state index in [1.54, 1.807) is 9.80 Å². The van der Waals surface area contributed by atoms with Crippen molar-refractivity contribution in [3.05, 3.63) is 58.7 Å². The summed E-state index contributed by atoms with van der Waals surface area (Å²) in [6.07, 6.45) is 3.54. The second-order valence-corrected chi connectivity index (χ2v) is 16.2. The Bertz CT molecular complexity index is 1660. The molecule has 0 spiro atoms. The lowest BCUT2D eigenvalue weighted by Gasteiger charge is -2.42. The summed E-state index contributed by atoms with van der Waals surface area (Å²) in [5.74, 6) is -0.207. The van der Waals surface area contributed by atoms with Crippen molar-refractivity contribution in [2.45, 2.75) is 70.6 Å². The number of carbonyl (C=O) groups excluding carboxylic acids is 3. The molecule has 14 heteroatoms. The van der Waals surface area contributed by atoms with Crippen molar-refractivity contribution in [2.24, 2.45) is 0 Å². The van der Waals surface area contributed by atoms with Crippen molar-refractivity contribution in [2.75, 3.05) is 76.2 Å². The summed E-state index contributed by atoms with van der Waals surface area (Å²) < 4.78 is 31.5. The number of nitrogen functional groups attached to an aromatic ring is 1. The van der Waals surface area contributed by atoms with Crippen LogP contribution >= 0.6 is 0 Å². The molecule has 1 atom stereocenters. The van der Waals surface area contributed by atoms with Crippen LogP contribution in [0.1, 0.15) is 47.9 Å². The average molecular weight is 710 g/mol. The lowest BCUT2D eigenvalue weighted by Crippen LogP contribution is -2.55. The Labute approximate surface area is 295 Å². The van der Waals surface area contributed by atoms with Crippen LogP contribution in [0.15, 0.2) is 36.4 Å². The number of fused-ring (bicyclic) bond motifs is 1. The number of piperidine rings is 2. The number of aryl methyl sites for hydroxylation is 2. The number of sulfonamides is 1. The number of hydrogen-bond donors (Lipinski definition) is 2. The summed E-state index contributed by atoms with van der Waals surface area (Å²) >= 11 is 0. The highest BCUT2D eigenvalue weighted by molar-refractivity contribution is 7.88. The van der Waals surface area contributed by atoms with Gasteiger partial charge < -0.3 is 30.5 Å². The lowest BCUT2D eigenvalue weighted by molar-refractivity contribution is -0.142. The predicted octanol–water partition coefficient (Wildman–Crippen LogP) is 3.06. The van der Waals surface area contributed by atoms with E-state index >= 15 is 0 Å². The number of nitrogens with one attached hydrogen (secondary N) is 1. The van der Waals surface area contributed by atoms with Gasteiger partial charge in [0.05, 0.1) is 6.26 Å². The Kier molecular flexibility index (Phi) is 10.9. The van der Waals surface area contributed by atoms with Gasteiger partial charge in [0.2, 0.25) is 10.0 Å². The molecule has 4 amide bonds. The Hall–Kier alpha value is -3.88. The van der Waals surface area contributed by atoms with Gasteiger partial charge in [-0.1, -0.05) is 30.3 Å². The Balaban J connectivity index is 1.07. The van der Waals surface area contributed by atoms with E-state index in [-0.39, 0.29) is 30.4 Å². The first kappa shape index (κ1) is 35.9. The molecule has 2 aromatic carbocycles. The second kappa shape index (κ2) is 15.2. The fourth-order valence-electron chi connectivity index (χ4n) is 7.93. The van der Waals surface area contributed by atoms with E-state index in [0.29, 0.717) is 77.4 Å². The molecule has 2 aromatic rings. The number of benzene rings is 2. The number of ether oxygens (including phenoxy) is 1. The van der Waals surface area contributed by atoms with Gasteiger partial charge in [0.1, 0.15) is 0 Å². The Morgan fingerprint density at radius 1 is 0.880 bits per heavy atom. The third-order valence-corrected chi connectivity index (χ3v) is 12.2. The molecule has 0 saturated carbocycles. The number of nitrogens with zero attached hydrogens (tertiary/aromatic N) is 5. The van der Waals surface area contributed by atoms with Gasteiger partial charge in [-0.15, -0.1) is 0 Å². The number of para-hydroxylation sites is 1. The first-order valence-corrected chi connectivity index (χ1v) is 19.7. The molecule has 4 heterocycles. The van der Waals surface area contributed by atoms with Crippen LogP contribution in [0.3, 0.4) is 0 Å². The van der Waals surface area contributed by atoms with Crippen LogP contribution in [-0.2, 0) is 32.4 Å². The molecule has 0 aliphatic carbocycles. The van der Waals surface area contributed by atoms with Crippen LogP contribution in [-0.4, -0.2) is 134 Å². The minimum absolute atomic E-state index is 0.00201. The average Bonchev–Trinajstić information content (AvgIpc) is 3.27. The van der Waals surface area contributed by atoms with E-state index < -0.39 is 22.2 Å². The lowest BCUT2D eigenvalue weighted by atomic mass is 9.98. The maximum atomic E-state index is 14.1. The normalized spacial score (nSPS) is 20.9. The number of likely N-dealkylation sites (tertiary alicyclic amines) is 2. The summed E-state index contributed by atoms with van der Waals surface area (Å²) in [7, 11) is -3.20. The fraction of sp³-hybridized carbons (Fsp3) is 0.583. The van der Waals surface area contributed by atoms with Gasteiger partial charge in [0.25, 0.3) is 5.91 Å². The molecule has 0 aromatic heterocycles. The number of amides is 4. The van der Waals surface area contributed by atoms with E-state index in [0.717, 1.165) is 47.2 Å². The molecular weight excluding hydrogens is 659 g/mol. The summed E-state index contributed by atoms with van der Waals surface area (Å²) in [5, 5.41) is 3.04. The number of nitrogens with two attached hydrogens (primary N) is 1. The van der Waals surface area contributed by atoms with Crippen molar-refractivity contribution in [1.29, 1.82) is 0 Å². The Morgan fingerprint density at radius 2 is 1.48 bits per heavy atom. The number of carbonyl (C=O) groups is 3. The minimum Gasteiger partial charge on any atom is -0.436 e. The molecular formula is C36H51N7O6S. The molecule has 4 aliphatic rings. The first-order valence-electron chi connectivity index (χ1n) is 17.8. The monoisotopic (exact) mass is 709 g/mol. The van der Waals surface area contributed by atoms with E-state index in [4.69, 9.17) is 10.5 Å². The largest absolute Gasteiger partial charge is 0.436 e. The third kappa shape index (κ3) is 8.18.